The third-order valence-electron chi connectivity index (χ3n) is 6.43. The van der Waals surface area contributed by atoms with Crippen LogP contribution in [0, 0.1) is 11.3 Å². The van der Waals surface area contributed by atoms with Gasteiger partial charge in [-0.25, -0.2) is 0 Å². The zero-order valence-corrected chi connectivity index (χ0v) is 24.5. The topological polar surface area (TPSA) is 160 Å². The molecule has 2 aromatic heterocycles. The summed E-state index contributed by atoms with van der Waals surface area (Å²) in [7, 11) is 0. The van der Waals surface area contributed by atoms with Crippen LogP contribution in [0.4, 0.5) is 0 Å². The third kappa shape index (κ3) is 6.99. The van der Waals surface area contributed by atoms with Crippen LogP contribution in [0.1, 0.15) is 39.5 Å². The standard InChI is InChI=1S/C30H28N2O10S/c1-16(33)38-15-24-26(39-17(2)34)27(40-18(3)35)28(41-19(4)36)30(42-24)32-23(20-9-6-5-7-10-20)13-21(22(14-31)29(32)37)25-11-8-12-43-25/h5-13,24,26-28,30H,15H2,1-4H3/t24-,26-,27+,28-,30-/m1/s1. The summed E-state index contributed by atoms with van der Waals surface area (Å²) in [4.78, 5) is 63.4. The fourth-order valence-corrected chi connectivity index (χ4v) is 5.60. The second-order valence-electron chi connectivity index (χ2n) is 9.54. The number of carbonyl (C=O) groups excluding carboxylic acids is 4. The van der Waals surface area contributed by atoms with E-state index in [-0.39, 0.29) is 11.3 Å². The van der Waals surface area contributed by atoms with Crippen molar-refractivity contribution >= 4 is 35.2 Å². The number of esters is 4. The Morgan fingerprint density at radius 1 is 0.884 bits per heavy atom. The molecule has 1 fully saturated rings. The molecule has 5 atom stereocenters. The molecule has 1 aromatic carbocycles. The van der Waals surface area contributed by atoms with Crippen molar-refractivity contribution in [3.63, 3.8) is 0 Å². The smallest absolute Gasteiger partial charge is 0.303 e. The molecule has 1 saturated heterocycles. The minimum absolute atomic E-state index is 0.213. The van der Waals surface area contributed by atoms with Gasteiger partial charge in [-0.1, -0.05) is 36.4 Å². The zero-order valence-electron chi connectivity index (χ0n) is 23.7. The summed E-state index contributed by atoms with van der Waals surface area (Å²) in [5.41, 5.74) is 0.218. The van der Waals surface area contributed by atoms with Gasteiger partial charge in [-0.15, -0.1) is 11.3 Å². The van der Waals surface area contributed by atoms with Gasteiger partial charge in [-0.05, 0) is 23.1 Å². The van der Waals surface area contributed by atoms with Crippen LogP contribution < -0.4 is 5.56 Å². The molecule has 43 heavy (non-hydrogen) atoms. The summed E-state index contributed by atoms with van der Waals surface area (Å²) in [6, 6.07) is 15.9. The van der Waals surface area contributed by atoms with E-state index in [1.165, 1.54) is 11.3 Å². The van der Waals surface area contributed by atoms with Crippen LogP contribution in [0.15, 0.2) is 58.7 Å². The number of nitriles is 1. The second kappa shape index (κ2) is 13.5. The monoisotopic (exact) mass is 608 g/mol. The Hall–Kier alpha value is -4.80. The first-order valence-corrected chi connectivity index (χ1v) is 14.0. The van der Waals surface area contributed by atoms with Crippen molar-refractivity contribution in [2.45, 2.75) is 58.3 Å². The molecule has 3 aromatic rings. The Kier molecular flexibility index (Phi) is 9.74. The molecule has 0 bridgehead atoms. The molecule has 1 aliphatic heterocycles. The molecule has 0 N–H and O–H groups in total. The first-order valence-electron chi connectivity index (χ1n) is 13.1. The van der Waals surface area contributed by atoms with Gasteiger partial charge in [-0.3, -0.25) is 28.5 Å². The van der Waals surface area contributed by atoms with Crippen LogP contribution >= 0.6 is 11.3 Å². The number of ether oxygens (including phenoxy) is 5. The van der Waals surface area contributed by atoms with E-state index in [2.05, 4.69) is 0 Å². The van der Waals surface area contributed by atoms with Gasteiger partial charge in [0.05, 0.1) is 5.69 Å². The van der Waals surface area contributed by atoms with Crippen LogP contribution in [0.25, 0.3) is 21.7 Å². The Morgan fingerprint density at radius 2 is 1.51 bits per heavy atom. The lowest BCUT2D eigenvalue weighted by molar-refractivity contribution is -0.268. The average molecular weight is 609 g/mol. The lowest BCUT2D eigenvalue weighted by atomic mass is 9.95. The van der Waals surface area contributed by atoms with Gasteiger partial charge in [0.2, 0.25) is 0 Å². The van der Waals surface area contributed by atoms with Crippen LogP contribution in [0.5, 0.6) is 0 Å². The number of benzene rings is 1. The molecule has 0 unspecified atom stereocenters. The average Bonchev–Trinajstić information content (AvgIpc) is 3.49. The predicted octanol–water partition coefficient (Wildman–Crippen LogP) is 3.37. The van der Waals surface area contributed by atoms with E-state index in [0.29, 0.717) is 16.0 Å². The molecule has 4 rings (SSSR count). The fraction of sp³-hybridized carbons (Fsp3) is 0.333. The van der Waals surface area contributed by atoms with Crippen molar-refractivity contribution in [1.29, 1.82) is 5.26 Å². The van der Waals surface area contributed by atoms with Crippen molar-refractivity contribution in [3.05, 3.63) is 69.8 Å². The van der Waals surface area contributed by atoms with E-state index in [1.54, 1.807) is 48.5 Å². The Morgan fingerprint density at radius 3 is 2.07 bits per heavy atom. The number of thiophene rings is 1. The summed E-state index contributed by atoms with van der Waals surface area (Å²) in [5, 5.41) is 11.9. The van der Waals surface area contributed by atoms with Crippen molar-refractivity contribution in [3.8, 4) is 27.8 Å². The number of pyridine rings is 1. The molecule has 3 heterocycles. The molecule has 224 valence electrons. The fourth-order valence-electron chi connectivity index (χ4n) is 4.86. The van der Waals surface area contributed by atoms with Crippen LogP contribution in [0.2, 0.25) is 0 Å². The quantitative estimate of drug-likeness (QED) is 0.272. The normalized spacial score (nSPS) is 21.2. The van der Waals surface area contributed by atoms with E-state index in [1.807, 2.05) is 11.4 Å². The van der Waals surface area contributed by atoms with E-state index in [4.69, 9.17) is 23.7 Å². The van der Waals surface area contributed by atoms with Gasteiger partial charge in [0.25, 0.3) is 5.56 Å². The number of carbonyl (C=O) groups is 4. The zero-order chi connectivity index (χ0) is 31.3. The highest BCUT2D eigenvalue weighted by Crippen LogP contribution is 2.38. The van der Waals surface area contributed by atoms with Gasteiger partial charge in [0.1, 0.15) is 24.3 Å². The minimum atomic E-state index is -1.54. The highest BCUT2D eigenvalue weighted by Gasteiger charge is 2.53. The van der Waals surface area contributed by atoms with Gasteiger partial charge in [0.15, 0.2) is 24.5 Å². The van der Waals surface area contributed by atoms with Crippen LogP contribution in [0.3, 0.4) is 0 Å². The molecule has 0 amide bonds. The third-order valence-corrected chi connectivity index (χ3v) is 7.33. The Bertz CT molecular complexity index is 1610. The number of rotatable bonds is 8. The summed E-state index contributed by atoms with van der Waals surface area (Å²) in [6.45, 7) is 4.01. The molecular formula is C30H28N2O10S. The summed E-state index contributed by atoms with van der Waals surface area (Å²) < 4.78 is 29.1. The molecule has 0 saturated carbocycles. The number of hydrogen-bond donors (Lipinski definition) is 0. The Labute approximate surface area is 250 Å². The first kappa shape index (κ1) is 31.1. The maximum atomic E-state index is 14.2. The van der Waals surface area contributed by atoms with Crippen LogP contribution in [-0.4, -0.2) is 59.5 Å². The molecular weight excluding hydrogens is 580 g/mol. The van der Waals surface area contributed by atoms with Crippen molar-refractivity contribution in [1.82, 2.24) is 4.57 Å². The second-order valence-corrected chi connectivity index (χ2v) is 10.5. The summed E-state index contributed by atoms with van der Waals surface area (Å²) in [5.74, 6) is -3.09. The van der Waals surface area contributed by atoms with E-state index < -0.39 is 66.7 Å². The predicted molar refractivity (Wildman–Crippen MR) is 151 cm³/mol. The van der Waals surface area contributed by atoms with Crippen molar-refractivity contribution in [2.75, 3.05) is 6.61 Å². The van der Waals surface area contributed by atoms with Gasteiger partial charge < -0.3 is 23.7 Å². The van der Waals surface area contributed by atoms with Gasteiger partial charge in [0, 0.05) is 38.1 Å². The molecule has 1 aliphatic rings. The highest BCUT2D eigenvalue weighted by molar-refractivity contribution is 7.13. The summed E-state index contributed by atoms with van der Waals surface area (Å²) in [6.07, 6.45) is -7.26. The SMILES string of the molecule is CC(=O)OC[C@H]1O[C@@H](n2c(-c3ccccc3)cc(-c3cccs3)c(C#N)c2=O)[C@H](OC(C)=O)[C@@H](OC(C)=O)[C@@H]1OC(C)=O. The maximum absolute atomic E-state index is 14.2. The lowest BCUT2D eigenvalue weighted by Gasteiger charge is -2.45. The Balaban J connectivity index is 2.03. The molecule has 12 nitrogen and oxygen atoms in total. The largest absolute Gasteiger partial charge is 0.463 e. The van der Waals surface area contributed by atoms with Crippen molar-refractivity contribution < 1.29 is 42.9 Å². The molecule has 0 radical (unpaired) electrons. The molecule has 13 heteroatoms. The number of nitrogens with zero attached hydrogens (tertiary/aromatic N) is 2. The van der Waals surface area contributed by atoms with Crippen LogP contribution in [-0.2, 0) is 42.9 Å². The maximum Gasteiger partial charge on any atom is 0.303 e. The highest BCUT2D eigenvalue weighted by atomic mass is 32.1. The van der Waals surface area contributed by atoms with E-state index in [0.717, 1.165) is 32.3 Å². The number of hydrogen-bond acceptors (Lipinski definition) is 12. The first-order chi connectivity index (χ1) is 20.5. The molecule has 0 aliphatic carbocycles. The van der Waals surface area contributed by atoms with Gasteiger partial charge in [-0.2, -0.15) is 5.26 Å². The number of aromatic nitrogens is 1. The van der Waals surface area contributed by atoms with E-state index >= 15 is 0 Å². The van der Waals surface area contributed by atoms with Crippen molar-refractivity contribution in [2.24, 2.45) is 0 Å². The molecule has 0 spiro atoms. The van der Waals surface area contributed by atoms with E-state index in [9.17, 15) is 29.2 Å². The summed E-state index contributed by atoms with van der Waals surface area (Å²) >= 11 is 1.34. The minimum Gasteiger partial charge on any atom is -0.463 e. The van der Waals surface area contributed by atoms with Gasteiger partial charge >= 0.3 is 23.9 Å². The lowest BCUT2D eigenvalue weighted by Crippen LogP contribution is -2.61.